The molecule has 1 amide bonds. The normalized spacial score (nSPS) is 13.5. The van der Waals surface area contributed by atoms with Gasteiger partial charge in [-0.1, -0.05) is 23.4 Å². The molecule has 0 saturated heterocycles. The van der Waals surface area contributed by atoms with Gasteiger partial charge in [-0.05, 0) is 43.0 Å². The zero-order chi connectivity index (χ0) is 17.2. The average molecular weight is 342 g/mol. The zero-order valence-electron chi connectivity index (χ0n) is 13.4. The Balaban J connectivity index is 1.68. The highest BCUT2D eigenvalue weighted by molar-refractivity contribution is 7.10. The molecule has 24 heavy (non-hydrogen) atoms. The largest absolute Gasteiger partial charge is 0.383 e. The van der Waals surface area contributed by atoms with Crippen LogP contribution < -0.4 is 5.32 Å². The summed E-state index contributed by atoms with van der Waals surface area (Å²) < 4.78 is 1.55. The van der Waals surface area contributed by atoms with Crippen molar-refractivity contribution in [1.29, 1.82) is 0 Å². The number of amides is 1. The van der Waals surface area contributed by atoms with E-state index in [0.29, 0.717) is 0 Å². The van der Waals surface area contributed by atoms with Gasteiger partial charge in [-0.15, -0.1) is 16.4 Å². The molecule has 2 heterocycles. The van der Waals surface area contributed by atoms with E-state index in [9.17, 15) is 9.90 Å². The van der Waals surface area contributed by atoms with Crippen molar-refractivity contribution in [2.45, 2.75) is 19.4 Å². The van der Waals surface area contributed by atoms with Gasteiger partial charge in [0, 0.05) is 4.88 Å². The van der Waals surface area contributed by atoms with Crippen molar-refractivity contribution in [1.82, 2.24) is 20.3 Å². The molecule has 0 saturated carbocycles. The summed E-state index contributed by atoms with van der Waals surface area (Å²) in [5, 5.41) is 22.9. The van der Waals surface area contributed by atoms with Gasteiger partial charge in [0.2, 0.25) is 0 Å². The average Bonchev–Trinajstić information content (AvgIpc) is 3.24. The smallest absolute Gasteiger partial charge is 0.273 e. The lowest BCUT2D eigenvalue weighted by molar-refractivity contribution is 0.0555. The van der Waals surface area contributed by atoms with Crippen molar-refractivity contribution in [3.8, 4) is 5.69 Å². The Hall–Kier alpha value is -2.51. The van der Waals surface area contributed by atoms with Gasteiger partial charge < -0.3 is 10.4 Å². The lowest BCUT2D eigenvalue weighted by Crippen LogP contribution is -2.38. The van der Waals surface area contributed by atoms with Crippen molar-refractivity contribution in [2.24, 2.45) is 0 Å². The van der Waals surface area contributed by atoms with Gasteiger partial charge in [0.25, 0.3) is 5.91 Å². The number of carbonyl (C=O) groups excluding carboxylic acids is 1. The Kier molecular flexibility index (Phi) is 4.46. The number of aryl methyl sites for hydroxylation is 1. The number of nitrogens with one attached hydrogen (secondary N) is 1. The van der Waals surface area contributed by atoms with Crippen molar-refractivity contribution in [2.75, 3.05) is 6.54 Å². The molecule has 2 aromatic heterocycles. The van der Waals surface area contributed by atoms with E-state index >= 15 is 0 Å². The van der Waals surface area contributed by atoms with E-state index in [0.717, 1.165) is 16.1 Å². The first-order valence-electron chi connectivity index (χ1n) is 7.50. The molecule has 7 heteroatoms. The molecule has 2 N–H and O–H groups in total. The molecule has 0 radical (unpaired) electrons. The van der Waals surface area contributed by atoms with E-state index < -0.39 is 5.60 Å². The number of carbonyl (C=O) groups is 1. The highest BCUT2D eigenvalue weighted by atomic mass is 32.1. The number of nitrogens with zero attached hydrogens (tertiary/aromatic N) is 3. The summed E-state index contributed by atoms with van der Waals surface area (Å²) in [6, 6.07) is 11.5. The number of hydrogen-bond acceptors (Lipinski definition) is 5. The first kappa shape index (κ1) is 16.4. The minimum atomic E-state index is -1.11. The predicted molar refractivity (Wildman–Crippen MR) is 92.3 cm³/mol. The van der Waals surface area contributed by atoms with Crippen LogP contribution in [-0.4, -0.2) is 32.6 Å². The Morgan fingerprint density at radius 2 is 2.21 bits per heavy atom. The Morgan fingerprint density at radius 3 is 2.92 bits per heavy atom. The third kappa shape index (κ3) is 3.52. The standard InChI is InChI=1S/C17H18N4O2S/c1-12-5-3-6-13(9-12)21-10-14(19-20-21)16(22)18-11-17(2,23)15-7-4-8-24-15/h3-10,23H,11H2,1-2H3,(H,18,22). The van der Waals surface area contributed by atoms with Gasteiger partial charge in [0.05, 0.1) is 18.4 Å². The van der Waals surface area contributed by atoms with Crippen molar-refractivity contribution in [3.63, 3.8) is 0 Å². The summed E-state index contributed by atoms with van der Waals surface area (Å²) >= 11 is 1.45. The van der Waals surface area contributed by atoms with Crippen molar-refractivity contribution in [3.05, 3.63) is 64.1 Å². The molecule has 0 aliphatic rings. The summed E-state index contributed by atoms with van der Waals surface area (Å²) in [6.45, 7) is 3.76. The second-order valence-electron chi connectivity index (χ2n) is 5.82. The van der Waals surface area contributed by atoms with E-state index in [2.05, 4.69) is 15.6 Å². The van der Waals surface area contributed by atoms with Crippen LogP contribution in [0.2, 0.25) is 0 Å². The number of benzene rings is 1. The molecule has 1 aromatic carbocycles. The minimum Gasteiger partial charge on any atom is -0.383 e. The fraction of sp³-hybridized carbons (Fsp3) is 0.235. The third-order valence-electron chi connectivity index (χ3n) is 3.64. The lowest BCUT2D eigenvalue weighted by Gasteiger charge is -2.21. The molecule has 0 fully saturated rings. The van der Waals surface area contributed by atoms with Crippen LogP contribution in [0.5, 0.6) is 0 Å². The van der Waals surface area contributed by atoms with Crippen molar-refractivity contribution >= 4 is 17.2 Å². The number of rotatable bonds is 5. The SMILES string of the molecule is Cc1cccc(-n2cc(C(=O)NCC(C)(O)c3cccs3)nn2)c1. The minimum absolute atomic E-state index is 0.101. The molecule has 6 nitrogen and oxygen atoms in total. The van der Waals surface area contributed by atoms with Gasteiger partial charge in [-0.3, -0.25) is 4.79 Å². The number of aliphatic hydroxyl groups is 1. The molecule has 124 valence electrons. The lowest BCUT2D eigenvalue weighted by atomic mass is 10.1. The molecular formula is C17H18N4O2S. The quantitative estimate of drug-likeness (QED) is 0.745. The van der Waals surface area contributed by atoms with Gasteiger partial charge in [0.1, 0.15) is 5.60 Å². The zero-order valence-corrected chi connectivity index (χ0v) is 14.2. The van der Waals surface area contributed by atoms with Crippen LogP contribution in [0.3, 0.4) is 0 Å². The van der Waals surface area contributed by atoms with Gasteiger partial charge in [-0.25, -0.2) is 4.68 Å². The topological polar surface area (TPSA) is 80.0 Å². The van der Waals surface area contributed by atoms with Crippen LogP contribution in [0, 0.1) is 6.92 Å². The molecule has 1 atom stereocenters. The van der Waals surface area contributed by atoms with Crippen molar-refractivity contribution < 1.29 is 9.90 Å². The predicted octanol–water partition coefficient (Wildman–Crippen LogP) is 2.27. The van der Waals surface area contributed by atoms with Crippen LogP contribution >= 0.6 is 11.3 Å². The Labute approximate surface area is 143 Å². The molecule has 0 aliphatic heterocycles. The first-order chi connectivity index (χ1) is 11.5. The summed E-state index contributed by atoms with van der Waals surface area (Å²) in [5.74, 6) is -0.370. The molecule has 3 rings (SSSR count). The highest BCUT2D eigenvalue weighted by Crippen LogP contribution is 2.24. The summed E-state index contributed by atoms with van der Waals surface area (Å²) in [6.07, 6.45) is 1.57. The number of hydrogen-bond donors (Lipinski definition) is 2. The second-order valence-corrected chi connectivity index (χ2v) is 6.77. The van der Waals surface area contributed by atoms with Crippen LogP contribution in [0.15, 0.2) is 48.0 Å². The molecular weight excluding hydrogens is 324 g/mol. The van der Waals surface area contributed by atoms with Gasteiger partial charge in [0.15, 0.2) is 5.69 Å². The highest BCUT2D eigenvalue weighted by Gasteiger charge is 2.25. The van der Waals surface area contributed by atoms with Crippen LogP contribution in [0.4, 0.5) is 0 Å². The van der Waals surface area contributed by atoms with E-state index in [1.54, 1.807) is 17.8 Å². The fourth-order valence-electron chi connectivity index (χ4n) is 2.28. The van der Waals surface area contributed by atoms with Gasteiger partial charge >= 0.3 is 0 Å². The molecule has 0 aliphatic carbocycles. The Morgan fingerprint density at radius 1 is 1.38 bits per heavy atom. The second kappa shape index (κ2) is 6.54. The molecule has 0 spiro atoms. The fourth-order valence-corrected chi connectivity index (χ4v) is 3.07. The van der Waals surface area contributed by atoms with Crippen LogP contribution in [-0.2, 0) is 5.60 Å². The maximum Gasteiger partial charge on any atom is 0.273 e. The summed E-state index contributed by atoms with van der Waals surface area (Å²) in [7, 11) is 0. The summed E-state index contributed by atoms with van der Waals surface area (Å²) in [4.78, 5) is 13.0. The number of thiophene rings is 1. The van der Waals surface area contributed by atoms with E-state index in [-0.39, 0.29) is 18.1 Å². The van der Waals surface area contributed by atoms with E-state index in [1.807, 2.05) is 48.7 Å². The molecule has 0 bridgehead atoms. The third-order valence-corrected chi connectivity index (χ3v) is 4.76. The van der Waals surface area contributed by atoms with Gasteiger partial charge in [-0.2, -0.15) is 0 Å². The Bertz CT molecular complexity index is 840. The summed E-state index contributed by atoms with van der Waals surface area (Å²) in [5.41, 5.74) is 1.03. The molecule has 3 aromatic rings. The first-order valence-corrected chi connectivity index (χ1v) is 8.38. The maximum absolute atomic E-state index is 12.2. The van der Waals surface area contributed by atoms with Crippen LogP contribution in [0.1, 0.15) is 27.9 Å². The monoisotopic (exact) mass is 342 g/mol. The maximum atomic E-state index is 12.2. The van der Waals surface area contributed by atoms with Crippen LogP contribution in [0.25, 0.3) is 5.69 Å². The molecule has 1 unspecified atom stereocenters. The van der Waals surface area contributed by atoms with E-state index in [1.165, 1.54) is 11.3 Å². The number of aromatic nitrogens is 3. The van der Waals surface area contributed by atoms with E-state index in [4.69, 9.17) is 0 Å².